The van der Waals surface area contributed by atoms with Gasteiger partial charge in [0.25, 0.3) is 0 Å². The lowest BCUT2D eigenvalue weighted by Crippen LogP contribution is -1.98. The fourth-order valence-electron chi connectivity index (χ4n) is 1.24. The van der Waals surface area contributed by atoms with Crippen molar-refractivity contribution in [2.24, 2.45) is 0 Å². The molecule has 0 aromatic heterocycles. The molecule has 0 aliphatic heterocycles. The second kappa shape index (κ2) is 4.13. The maximum Gasteiger partial charge on any atom is 0.161 e. The highest BCUT2D eigenvalue weighted by Gasteiger charge is 2.24. The van der Waals surface area contributed by atoms with E-state index < -0.39 is 0 Å². The third-order valence-electron chi connectivity index (χ3n) is 2.19. The molecule has 0 N–H and O–H groups in total. The first-order valence-electron chi connectivity index (χ1n) is 4.72. The first-order chi connectivity index (χ1) is 6.83. The van der Waals surface area contributed by atoms with E-state index in [0.29, 0.717) is 6.10 Å². The molecule has 3 heteroatoms. The van der Waals surface area contributed by atoms with Crippen molar-refractivity contribution in [3.8, 4) is 11.5 Å². The molecule has 1 aliphatic carbocycles. The Hall–Kier alpha value is -0.830. The molecule has 1 aliphatic rings. The fraction of sp³-hybridized carbons (Fsp3) is 0.455. The van der Waals surface area contributed by atoms with Gasteiger partial charge in [-0.2, -0.15) is 0 Å². The molecular weight excluding hydrogens is 196 g/mol. The summed E-state index contributed by atoms with van der Waals surface area (Å²) >= 11 is 1.71. The molecule has 1 saturated carbocycles. The summed E-state index contributed by atoms with van der Waals surface area (Å²) in [5.74, 6) is 1.71. The molecule has 0 unspecified atom stereocenters. The summed E-state index contributed by atoms with van der Waals surface area (Å²) in [6.45, 7) is 0. The van der Waals surface area contributed by atoms with Gasteiger partial charge in [0.1, 0.15) is 0 Å². The molecule has 0 bridgehead atoms. The van der Waals surface area contributed by atoms with E-state index in [2.05, 4.69) is 12.3 Å². The number of hydrogen-bond acceptors (Lipinski definition) is 3. The molecule has 1 aromatic carbocycles. The van der Waals surface area contributed by atoms with Crippen LogP contribution in [0, 0.1) is 0 Å². The third-order valence-corrected chi connectivity index (χ3v) is 2.91. The first kappa shape index (κ1) is 9.71. The molecule has 76 valence electrons. The Kier molecular flexibility index (Phi) is 2.87. The zero-order valence-corrected chi connectivity index (χ0v) is 9.26. The third kappa shape index (κ3) is 2.15. The van der Waals surface area contributed by atoms with E-state index in [9.17, 15) is 0 Å². The van der Waals surface area contributed by atoms with E-state index in [1.165, 1.54) is 17.7 Å². The summed E-state index contributed by atoms with van der Waals surface area (Å²) in [6.07, 6.45) is 4.82. The van der Waals surface area contributed by atoms with Gasteiger partial charge in [-0.3, -0.25) is 0 Å². The van der Waals surface area contributed by atoms with E-state index in [-0.39, 0.29) is 0 Å². The molecule has 0 amide bonds. The van der Waals surface area contributed by atoms with Crippen molar-refractivity contribution >= 4 is 11.8 Å². The number of rotatable bonds is 4. The monoisotopic (exact) mass is 210 g/mol. The molecule has 2 nitrogen and oxygen atoms in total. The summed E-state index contributed by atoms with van der Waals surface area (Å²) < 4.78 is 11.0. The summed E-state index contributed by atoms with van der Waals surface area (Å²) in [4.78, 5) is 1.20. The van der Waals surface area contributed by atoms with Crippen molar-refractivity contribution in [3.05, 3.63) is 18.2 Å². The van der Waals surface area contributed by atoms with Gasteiger partial charge >= 0.3 is 0 Å². The van der Waals surface area contributed by atoms with E-state index in [4.69, 9.17) is 9.47 Å². The molecule has 0 saturated heterocycles. The Morgan fingerprint density at radius 1 is 1.29 bits per heavy atom. The van der Waals surface area contributed by atoms with Gasteiger partial charge in [-0.1, -0.05) is 0 Å². The highest BCUT2D eigenvalue weighted by atomic mass is 32.2. The van der Waals surface area contributed by atoms with Crippen LogP contribution in [-0.4, -0.2) is 19.5 Å². The predicted molar refractivity (Wildman–Crippen MR) is 58.4 cm³/mol. The van der Waals surface area contributed by atoms with Gasteiger partial charge in [0, 0.05) is 4.90 Å². The van der Waals surface area contributed by atoms with E-state index >= 15 is 0 Å². The second-order valence-electron chi connectivity index (χ2n) is 3.33. The number of thioether (sulfide) groups is 1. The topological polar surface area (TPSA) is 18.5 Å². The van der Waals surface area contributed by atoms with E-state index in [1.807, 2.05) is 12.1 Å². The summed E-state index contributed by atoms with van der Waals surface area (Å²) in [6, 6.07) is 6.07. The normalized spacial score (nSPS) is 15.3. The number of ether oxygens (including phenoxy) is 2. The Morgan fingerprint density at radius 2 is 2.07 bits per heavy atom. The SMILES string of the molecule is COc1cc(SC)ccc1OC1CC1. The van der Waals surface area contributed by atoms with Crippen LogP contribution in [0.5, 0.6) is 11.5 Å². The second-order valence-corrected chi connectivity index (χ2v) is 4.21. The van der Waals surface area contributed by atoms with Crippen molar-refractivity contribution in [1.29, 1.82) is 0 Å². The summed E-state index contributed by atoms with van der Waals surface area (Å²) in [5, 5.41) is 0. The Morgan fingerprint density at radius 3 is 2.64 bits per heavy atom. The molecule has 1 fully saturated rings. The summed E-state index contributed by atoms with van der Waals surface area (Å²) in [5.41, 5.74) is 0. The van der Waals surface area contributed by atoms with Crippen LogP contribution in [0.3, 0.4) is 0 Å². The average Bonchev–Trinajstić information content (AvgIpc) is 3.02. The van der Waals surface area contributed by atoms with Crippen LogP contribution in [0.1, 0.15) is 12.8 Å². The lowest BCUT2D eigenvalue weighted by molar-refractivity contribution is 0.281. The fourth-order valence-corrected chi connectivity index (χ4v) is 1.67. The minimum absolute atomic E-state index is 0.420. The average molecular weight is 210 g/mol. The van der Waals surface area contributed by atoms with Crippen molar-refractivity contribution in [1.82, 2.24) is 0 Å². The van der Waals surface area contributed by atoms with Crippen LogP contribution in [0.15, 0.2) is 23.1 Å². The van der Waals surface area contributed by atoms with Crippen LogP contribution >= 0.6 is 11.8 Å². The highest BCUT2D eigenvalue weighted by molar-refractivity contribution is 7.98. The molecule has 0 radical (unpaired) electrons. The van der Waals surface area contributed by atoms with Gasteiger partial charge in [0.2, 0.25) is 0 Å². The first-order valence-corrected chi connectivity index (χ1v) is 5.94. The smallest absolute Gasteiger partial charge is 0.161 e. The largest absolute Gasteiger partial charge is 0.493 e. The maximum absolute atomic E-state index is 5.71. The van der Waals surface area contributed by atoms with Gasteiger partial charge in [-0.25, -0.2) is 0 Å². The minimum Gasteiger partial charge on any atom is -0.493 e. The molecule has 14 heavy (non-hydrogen) atoms. The van der Waals surface area contributed by atoms with E-state index in [1.54, 1.807) is 18.9 Å². The van der Waals surface area contributed by atoms with Gasteiger partial charge in [0.05, 0.1) is 13.2 Å². The molecule has 0 atom stereocenters. The molecule has 2 rings (SSSR count). The van der Waals surface area contributed by atoms with Crippen molar-refractivity contribution in [3.63, 3.8) is 0 Å². The lowest BCUT2D eigenvalue weighted by Gasteiger charge is -2.10. The van der Waals surface area contributed by atoms with E-state index in [0.717, 1.165) is 11.5 Å². The highest BCUT2D eigenvalue weighted by Crippen LogP contribution is 2.35. The molecular formula is C11H14O2S. The summed E-state index contributed by atoms with van der Waals surface area (Å²) in [7, 11) is 1.68. The Labute approximate surface area is 88.6 Å². The Balaban J connectivity index is 2.19. The Bertz CT molecular complexity index is 321. The zero-order chi connectivity index (χ0) is 9.97. The van der Waals surface area contributed by atoms with Crippen LogP contribution in [0.4, 0.5) is 0 Å². The van der Waals surface area contributed by atoms with Gasteiger partial charge < -0.3 is 9.47 Å². The van der Waals surface area contributed by atoms with Crippen LogP contribution in [-0.2, 0) is 0 Å². The molecule has 1 aromatic rings. The minimum atomic E-state index is 0.420. The maximum atomic E-state index is 5.71. The zero-order valence-electron chi connectivity index (χ0n) is 8.45. The van der Waals surface area contributed by atoms with Gasteiger partial charge in [-0.15, -0.1) is 11.8 Å². The number of methoxy groups -OCH3 is 1. The van der Waals surface area contributed by atoms with Gasteiger partial charge in [-0.05, 0) is 37.3 Å². The van der Waals surface area contributed by atoms with Gasteiger partial charge in [0.15, 0.2) is 11.5 Å². The van der Waals surface area contributed by atoms with Crippen molar-refractivity contribution in [2.75, 3.05) is 13.4 Å². The van der Waals surface area contributed by atoms with Crippen LogP contribution in [0.2, 0.25) is 0 Å². The number of hydrogen-bond donors (Lipinski definition) is 0. The van der Waals surface area contributed by atoms with Crippen molar-refractivity contribution < 1.29 is 9.47 Å². The predicted octanol–water partition coefficient (Wildman–Crippen LogP) is 2.96. The molecule has 0 heterocycles. The standard InChI is InChI=1S/C11H14O2S/c1-12-11-7-9(14-2)5-6-10(11)13-8-3-4-8/h5-8H,3-4H2,1-2H3. The lowest BCUT2D eigenvalue weighted by atomic mass is 10.3. The number of benzene rings is 1. The molecule has 0 spiro atoms. The van der Waals surface area contributed by atoms with Crippen molar-refractivity contribution in [2.45, 2.75) is 23.8 Å². The van der Waals surface area contributed by atoms with Crippen LogP contribution < -0.4 is 9.47 Å². The van der Waals surface area contributed by atoms with Crippen LogP contribution in [0.25, 0.3) is 0 Å². The quantitative estimate of drug-likeness (QED) is 0.712.